The Kier molecular flexibility index (Phi) is 6.12. The van der Waals surface area contributed by atoms with Gasteiger partial charge in [0.1, 0.15) is 12.4 Å². The molecule has 0 radical (unpaired) electrons. The van der Waals surface area contributed by atoms with E-state index in [1.807, 2.05) is 31.7 Å². The van der Waals surface area contributed by atoms with E-state index in [4.69, 9.17) is 0 Å². The molecule has 0 amide bonds. The Morgan fingerprint density at radius 2 is 2.00 bits per heavy atom. The van der Waals surface area contributed by atoms with Crippen LogP contribution in [0, 0.1) is 13.8 Å². The topological polar surface area (TPSA) is 58.3 Å². The second-order valence-electron chi connectivity index (χ2n) is 5.87. The number of nitrogens with one attached hydrogen (secondary N) is 1. The number of hydrogen-bond donors (Lipinski definition) is 1. The van der Waals surface area contributed by atoms with E-state index in [1.54, 1.807) is 0 Å². The van der Waals surface area contributed by atoms with Gasteiger partial charge in [0.15, 0.2) is 11.8 Å². The van der Waals surface area contributed by atoms with Crippen LogP contribution in [0.5, 0.6) is 0 Å². The van der Waals surface area contributed by atoms with Gasteiger partial charge in [-0.1, -0.05) is 35.9 Å². The Hall–Kier alpha value is -2.63. The molecule has 2 aromatic rings. The van der Waals surface area contributed by atoms with Gasteiger partial charge in [0.25, 0.3) is 0 Å². The monoisotopic (exact) mass is 326 g/mol. The summed E-state index contributed by atoms with van der Waals surface area (Å²) in [5.41, 5.74) is 2.50. The Labute approximate surface area is 143 Å². The molecule has 128 valence electrons. The van der Waals surface area contributed by atoms with Crippen LogP contribution < -0.4 is 5.32 Å². The minimum absolute atomic E-state index is 0.481. The zero-order chi connectivity index (χ0) is 17.5. The van der Waals surface area contributed by atoms with Crippen molar-refractivity contribution in [2.45, 2.75) is 26.9 Å². The first-order valence-corrected chi connectivity index (χ1v) is 8.02. The van der Waals surface area contributed by atoms with E-state index in [1.165, 1.54) is 11.1 Å². The Morgan fingerprint density at radius 3 is 2.58 bits per heavy atom. The molecule has 0 spiro atoms. The molecule has 6 nitrogen and oxygen atoms in total. The fourth-order valence-corrected chi connectivity index (χ4v) is 2.25. The Morgan fingerprint density at radius 1 is 1.29 bits per heavy atom. The van der Waals surface area contributed by atoms with Gasteiger partial charge in [-0.2, -0.15) is 0 Å². The summed E-state index contributed by atoms with van der Waals surface area (Å²) >= 11 is 0. The normalized spacial score (nSPS) is 11.4. The van der Waals surface area contributed by atoms with Crippen molar-refractivity contribution < 1.29 is 0 Å². The molecule has 0 saturated heterocycles. The van der Waals surface area contributed by atoms with Crippen molar-refractivity contribution in [2.75, 3.05) is 13.6 Å². The molecule has 0 saturated carbocycles. The first-order chi connectivity index (χ1) is 11.5. The van der Waals surface area contributed by atoms with E-state index in [0.29, 0.717) is 13.1 Å². The smallest absolute Gasteiger partial charge is 0.194 e. The summed E-state index contributed by atoms with van der Waals surface area (Å²) in [5, 5.41) is 11.5. The van der Waals surface area contributed by atoms with Crippen LogP contribution in [0.4, 0.5) is 0 Å². The molecule has 0 aliphatic rings. The number of benzene rings is 1. The fourth-order valence-electron chi connectivity index (χ4n) is 2.25. The highest BCUT2D eigenvalue weighted by Crippen LogP contribution is 2.07. The first-order valence-electron chi connectivity index (χ1n) is 8.02. The van der Waals surface area contributed by atoms with Crippen molar-refractivity contribution in [3.63, 3.8) is 0 Å². The lowest BCUT2D eigenvalue weighted by Crippen LogP contribution is -2.38. The average Bonchev–Trinajstić information content (AvgIpc) is 2.89. The molecule has 1 aromatic heterocycles. The minimum Gasteiger partial charge on any atom is -0.353 e. The van der Waals surface area contributed by atoms with E-state index >= 15 is 0 Å². The highest BCUT2D eigenvalue weighted by atomic mass is 15.3. The largest absolute Gasteiger partial charge is 0.353 e. The maximum absolute atomic E-state index is 4.68. The zero-order valence-electron chi connectivity index (χ0n) is 15.0. The number of hydrogen-bond acceptors (Lipinski definition) is 3. The average molecular weight is 326 g/mol. The van der Waals surface area contributed by atoms with Crippen LogP contribution in [-0.4, -0.2) is 39.2 Å². The van der Waals surface area contributed by atoms with Gasteiger partial charge in [-0.05, 0) is 19.4 Å². The van der Waals surface area contributed by atoms with Gasteiger partial charge in [0.05, 0.1) is 0 Å². The third kappa shape index (κ3) is 4.68. The predicted octanol–water partition coefficient (Wildman–Crippen LogP) is 2.20. The van der Waals surface area contributed by atoms with Crippen LogP contribution in [-0.2, 0) is 20.1 Å². The SMILES string of the molecule is C=CCNC(=NCc1nnc(C)n1C)N(C)Cc1ccc(C)cc1. The number of aliphatic imine (C=N–C) groups is 1. The summed E-state index contributed by atoms with van der Waals surface area (Å²) in [7, 11) is 3.98. The van der Waals surface area contributed by atoms with Gasteiger partial charge in [0.2, 0.25) is 0 Å². The van der Waals surface area contributed by atoms with E-state index in [2.05, 4.69) is 63.2 Å². The summed E-state index contributed by atoms with van der Waals surface area (Å²) < 4.78 is 1.95. The lowest BCUT2D eigenvalue weighted by molar-refractivity contribution is 0.477. The lowest BCUT2D eigenvalue weighted by atomic mass is 10.1. The molecule has 0 aliphatic carbocycles. The molecule has 0 unspecified atom stereocenters. The van der Waals surface area contributed by atoms with Crippen LogP contribution >= 0.6 is 0 Å². The van der Waals surface area contributed by atoms with Crippen molar-refractivity contribution in [1.82, 2.24) is 25.0 Å². The van der Waals surface area contributed by atoms with Crippen LogP contribution in [0.15, 0.2) is 41.9 Å². The van der Waals surface area contributed by atoms with Gasteiger partial charge in [-0.15, -0.1) is 16.8 Å². The fraction of sp³-hybridized carbons (Fsp3) is 0.389. The summed E-state index contributed by atoms with van der Waals surface area (Å²) in [6.07, 6.45) is 1.82. The highest BCUT2D eigenvalue weighted by molar-refractivity contribution is 5.79. The minimum atomic E-state index is 0.481. The molecule has 1 N–H and O–H groups in total. The van der Waals surface area contributed by atoms with Gasteiger partial charge in [-0.3, -0.25) is 0 Å². The maximum atomic E-state index is 4.68. The van der Waals surface area contributed by atoms with Crippen LogP contribution in [0.2, 0.25) is 0 Å². The number of aryl methyl sites for hydroxylation is 2. The molecular weight excluding hydrogens is 300 g/mol. The van der Waals surface area contributed by atoms with E-state index in [0.717, 1.165) is 24.2 Å². The third-order valence-corrected chi connectivity index (χ3v) is 3.86. The molecule has 0 fully saturated rings. The van der Waals surface area contributed by atoms with Crippen molar-refractivity contribution in [2.24, 2.45) is 12.0 Å². The van der Waals surface area contributed by atoms with Gasteiger partial charge in [0, 0.05) is 27.2 Å². The Bertz CT molecular complexity index is 699. The zero-order valence-corrected chi connectivity index (χ0v) is 15.0. The number of rotatable bonds is 6. The molecule has 0 aliphatic heterocycles. The molecule has 2 rings (SSSR count). The molecule has 6 heteroatoms. The molecule has 1 heterocycles. The van der Waals surface area contributed by atoms with Crippen LogP contribution in [0.1, 0.15) is 22.8 Å². The molecular formula is C18H26N6. The maximum Gasteiger partial charge on any atom is 0.194 e. The van der Waals surface area contributed by atoms with Crippen molar-refractivity contribution >= 4 is 5.96 Å². The van der Waals surface area contributed by atoms with E-state index in [9.17, 15) is 0 Å². The van der Waals surface area contributed by atoms with Crippen LogP contribution in [0.3, 0.4) is 0 Å². The molecule has 1 aromatic carbocycles. The second kappa shape index (κ2) is 8.29. The molecule has 24 heavy (non-hydrogen) atoms. The summed E-state index contributed by atoms with van der Waals surface area (Å²) in [4.78, 5) is 6.77. The molecule has 0 atom stereocenters. The van der Waals surface area contributed by atoms with Crippen molar-refractivity contribution in [1.29, 1.82) is 0 Å². The predicted molar refractivity (Wildman–Crippen MR) is 97.7 cm³/mol. The number of nitrogens with zero attached hydrogens (tertiary/aromatic N) is 5. The van der Waals surface area contributed by atoms with Gasteiger partial charge in [-0.25, -0.2) is 4.99 Å². The quantitative estimate of drug-likeness (QED) is 0.502. The summed E-state index contributed by atoms with van der Waals surface area (Å²) in [6.45, 7) is 9.70. The summed E-state index contributed by atoms with van der Waals surface area (Å²) in [5.74, 6) is 2.54. The third-order valence-electron chi connectivity index (χ3n) is 3.86. The first kappa shape index (κ1) is 17.7. The second-order valence-corrected chi connectivity index (χ2v) is 5.87. The number of aromatic nitrogens is 3. The Balaban J connectivity index is 2.10. The lowest BCUT2D eigenvalue weighted by Gasteiger charge is -2.22. The van der Waals surface area contributed by atoms with Crippen LogP contribution in [0.25, 0.3) is 0 Å². The standard InChI is InChI=1S/C18H26N6/c1-6-11-19-18(20-12-17-22-21-15(3)24(17)5)23(4)13-16-9-7-14(2)8-10-16/h6-10H,1,11-13H2,2-5H3,(H,19,20). The molecule has 0 bridgehead atoms. The van der Waals surface area contributed by atoms with E-state index < -0.39 is 0 Å². The van der Waals surface area contributed by atoms with E-state index in [-0.39, 0.29) is 0 Å². The summed E-state index contributed by atoms with van der Waals surface area (Å²) in [6, 6.07) is 8.53. The van der Waals surface area contributed by atoms with Gasteiger partial charge >= 0.3 is 0 Å². The van der Waals surface area contributed by atoms with Crippen molar-refractivity contribution in [3.05, 3.63) is 59.7 Å². The highest BCUT2D eigenvalue weighted by Gasteiger charge is 2.09. The van der Waals surface area contributed by atoms with Crippen molar-refractivity contribution in [3.8, 4) is 0 Å². The van der Waals surface area contributed by atoms with Gasteiger partial charge < -0.3 is 14.8 Å². The number of guanidine groups is 1.